The quantitative estimate of drug-likeness (QED) is 0.655. The van der Waals surface area contributed by atoms with Gasteiger partial charge in [0.2, 0.25) is 5.91 Å². The molecule has 5 nitrogen and oxygen atoms in total. The van der Waals surface area contributed by atoms with Gasteiger partial charge >= 0.3 is 0 Å². The van der Waals surface area contributed by atoms with Gasteiger partial charge in [-0.2, -0.15) is 0 Å². The fourth-order valence-corrected chi connectivity index (χ4v) is 1.45. The molecule has 0 saturated carbocycles. The zero-order chi connectivity index (χ0) is 10.6. The van der Waals surface area contributed by atoms with Crippen LogP contribution in [0.1, 0.15) is 13.8 Å². The van der Waals surface area contributed by atoms with Crippen molar-refractivity contribution in [2.75, 3.05) is 20.3 Å². The van der Waals surface area contributed by atoms with Gasteiger partial charge < -0.3 is 10.1 Å². The number of carbonyl (C=O) groups is 1. The molecule has 0 aromatic carbocycles. The van der Waals surface area contributed by atoms with Gasteiger partial charge in [0.05, 0.1) is 6.61 Å². The lowest BCUT2D eigenvalue weighted by Crippen LogP contribution is -2.37. The van der Waals surface area contributed by atoms with Crippen molar-refractivity contribution in [1.82, 2.24) is 10.6 Å². The first-order chi connectivity index (χ1) is 6.69. The number of nitrogens with zero attached hydrogens (tertiary/aromatic N) is 1. The number of amides is 1. The van der Waals surface area contributed by atoms with Gasteiger partial charge in [0, 0.05) is 19.6 Å². The van der Waals surface area contributed by atoms with Crippen molar-refractivity contribution in [1.29, 1.82) is 0 Å². The average molecular weight is 199 g/mol. The third kappa shape index (κ3) is 2.45. The van der Waals surface area contributed by atoms with Gasteiger partial charge in [0.1, 0.15) is 6.04 Å². The molecular formula is C9H17N3O2. The summed E-state index contributed by atoms with van der Waals surface area (Å²) in [5.41, 5.74) is 0. The molecule has 1 fully saturated rings. The minimum Gasteiger partial charge on any atom is -0.384 e. The molecule has 1 heterocycles. The van der Waals surface area contributed by atoms with Gasteiger partial charge in [-0.3, -0.25) is 15.1 Å². The van der Waals surface area contributed by atoms with Crippen LogP contribution in [-0.4, -0.2) is 38.2 Å². The molecule has 2 unspecified atom stereocenters. The first kappa shape index (κ1) is 11.0. The van der Waals surface area contributed by atoms with E-state index in [4.69, 9.17) is 4.74 Å². The van der Waals surface area contributed by atoms with E-state index in [9.17, 15) is 4.79 Å². The SMILES string of the molecule is CCN=C1NC(=O)C(C(C)COC)N1. The molecule has 1 aliphatic rings. The normalized spacial score (nSPS) is 26.1. The highest BCUT2D eigenvalue weighted by Gasteiger charge is 2.32. The van der Waals surface area contributed by atoms with Crippen molar-refractivity contribution in [2.24, 2.45) is 10.9 Å². The number of hydrogen-bond acceptors (Lipinski definition) is 3. The maximum atomic E-state index is 11.5. The van der Waals surface area contributed by atoms with E-state index in [1.165, 1.54) is 0 Å². The number of carbonyl (C=O) groups excluding carboxylic acids is 1. The highest BCUT2D eigenvalue weighted by molar-refractivity contribution is 6.06. The Morgan fingerprint density at radius 3 is 2.93 bits per heavy atom. The minimum atomic E-state index is -0.222. The van der Waals surface area contributed by atoms with Crippen LogP contribution in [0, 0.1) is 5.92 Å². The Hall–Kier alpha value is -1.10. The van der Waals surface area contributed by atoms with E-state index in [1.54, 1.807) is 7.11 Å². The minimum absolute atomic E-state index is 0.0262. The number of methoxy groups -OCH3 is 1. The summed E-state index contributed by atoms with van der Waals surface area (Å²) in [6.07, 6.45) is 0. The average Bonchev–Trinajstić information content (AvgIpc) is 2.48. The molecular weight excluding hydrogens is 182 g/mol. The highest BCUT2D eigenvalue weighted by atomic mass is 16.5. The van der Waals surface area contributed by atoms with Crippen LogP contribution in [0.15, 0.2) is 4.99 Å². The van der Waals surface area contributed by atoms with Crippen LogP contribution in [0.2, 0.25) is 0 Å². The molecule has 2 atom stereocenters. The molecule has 1 saturated heterocycles. The molecule has 2 N–H and O–H groups in total. The number of guanidine groups is 1. The van der Waals surface area contributed by atoms with Crippen molar-refractivity contribution < 1.29 is 9.53 Å². The summed E-state index contributed by atoms with van der Waals surface area (Å²) in [7, 11) is 1.63. The molecule has 0 aromatic rings. The fourth-order valence-electron chi connectivity index (χ4n) is 1.45. The Bertz CT molecular complexity index is 240. The number of aliphatic imine (C=N–C) groups is 1. The summed E-state index contributed by atoms with van der Waals surface area (Å²) in [6, 6.07) is -0.222. The van der Waals surface area contributed by atoms with E-state index in [0.717, 1.165) is 0 Å². The molecule has 0 aliphatic carbocycles. The van der Waals surface area contributed by atoms with E-state index in [1.807, 2.05) is 13.8 Å². The maximum Gasteiger partial charge on any atom is 0.249 e. The van der Waals surface area contributed by atoms with E-state index >= 15 is 0 Å². The van der Waals surface area contributed by atoms with Gasteiger partial charge in [-0.1, -0.05) is 6.92 Å². The summed E-state index contributed by atoms with van der Waals surface area (Å²) >= 11 is 0. The second-order valence-electron chi connectivity index (χ2n) is 3.37. The topological polar surface area (TPSA) is 62.7 Å². The van der Waals surface area contributed by atoms with Crippen LogP contribution < -0.4 is 10.6 Å². The molecule has 5 heteroatoms. The van der Waals surface area contributed by atoms with Crippen LogP contribution >= 0.6 is 0 Å². The lowest BCUT2D eigenvalue weighted by atomic mass is 10.0. The summed E-state index contributed by atoms with van der Waals surface area (Å²) in [4.78, 5) is 15.6. The largest absolute Gasteiger partial charge is 0.384 e. The fraction of sp³-hybridized carbons (Fsp3) is 0.778. The Morgan fingerprint density at radius 1 is 1.64 bits per heavy atom. The van der Waals surface area contributed by atoms with Gasteiger partial charge in [-0.05, 0) is 6.92 Å². The molecule has 80 valence electrons. The van der Waals surface area contributed by atoms with E-state index < -0.39 is 0 Å². The second-order valence-corrected chi connectivity index (χ2v) is 3.37. The lowest BCUT2D eigenvalue weighted by Gasteiger charge is -2.15. The first-order valence-corrected chi connectivity index (χ1v) is 4.79. The smallest absolute Gasteiger partial charge is 0.249 e. The maximum absolute atomic E-state index is 11.5. The summed E-state index contributed by atoms with van der Waals surface area (Å²) in [5, 5.41) is 5.72. The van der Waals surface area contributed by atoms with Gasteiger partial charge in [0.25, 0.3) is 0 Å². The predicted octanol–water partition coefficient (Wildman–Crippen LogP) is -0.267. The third-order valence-electron chi connectivity index (χ3n) is 2.13. The number of nitrogens with one attached hydrogen (secondary N) is 2. The Kier molecular flexibility index (Phi) is 3.88. The molecule has 0 spiro atoms. The van der Waals surface area contributed by atoms with Gasteiger partial charge in [-0.15, -0.1) is 0 Å². The van der Waals surface area contributed by atoms with Crippen molar-refractivity contribution in [2.45, 2.75) is 19.9 Å². The molecule has 14 heavy (non-hydrogen) atoms. The molecule has 0 radical (unpaired) electrons. The Balaban J connectivity index is 2.56. The van der Waals surface area contributed by atoms with Crippen molar-refractivity contribution >= 4 is 11.9 Å². The molecule has 1 rings (SSSR count). The Labute approximate surface area is 83.9 Å². The van der Waals surface area contributed by atoms with Gasteiger partial charge in [-0.25, -0.2) is 0 Å². The van der Waals surface area contributed by atoms with E-state index in [-0.39, 0.29) is 17.9 Å². The molecule has 1 aliphatic heterocycles. The van der Waals surface area contributed by atoms with Gasteiger partial charge in [0.15, 0.2) is 5.96 Å². The monoisotopic (exact) mass is 199 g/mol. The van der Waals surface area contributed by atoms with Crippen molar-refractivity contribution in [3.8, 4) is 0 Å². The van der Waals surface area contributed by atoms with Crippen LogP contribution in [-0.2, 0) is 9.53 Å². The number of hydrogen-bond donors (Lipinski definition) is 2. The number of ether oxygens (including phenoxy) is 1. The predicted molar refractivity (Wildman–Crippen MR) is 54.1 cm³/mol. The summed E-state index contributed by atoms with van der Waals surface area (Å²) in [6.45, 7) is 5.11. The van der Waals surface area contributed by atoms with E-state index in [0.29, 0.717) is 19.1 Å². The number of rotatable bonds is 4. The van der Waals surface area contributed by atoms with Crippen molar-refractivity contribution in [3.05, 3.63) is 0 Å². The summed E-state index contributed by atoms with van der Waals surface area (Å²) in [5.74, 6) is 0.691. The first-order valence-electron chi connectivity index (χ1n) is 4.79. The van der Waals surface area contributed by atoms with Crippen molar-refractivity contribution in [3.63, 3.8) is 0 Å². The highest BCUT2D eigenvalue weighted by Crippen LogP contribution is 2.07. The standard InChI is InChI=1S/C9H17N3O2/c1-4-10-9-11-7(8(13)12-9)6(2)5-14-3/h6-7H,4-5H2,1-3H3,(H2,10,11,12,13). The van der Waals surface area contributed by atoms with Crippen LogP contribution in [0.25, 0.3) is 0 Å². The second kappa shape index (κ2) is 4.95. The third-order valence-corrected chi connectivity index (χ3v) is 2.13. The zero-order valence-electron chi connectivity index (χ0n) is 8.83. The van der Waals surface area contributed by atoms with Crippen LogP contribution in [0.5, 0.6) is 0 Å². The molecule has 0 bridgehead atoms. The zero-order valence-corrected chi connectivity index (χ0v) is 8.83. The molecule has 1 amide bonds. The van der Waals surface area contributed by atoms with Crippen LogP contribution in [0.4, 0.5) is 0 Å². The van der Waals surface area contributed by atoms with E-state index in [2.05, 4.69) is 15.6 Å². The lowest BCUT2D eigenvalue weighted by molar-refractivity contribution is -0.121. The Morgan fingerprint density at radius 2 is 2.36 bits per heavy atom. The summed E-state index contributed by atoms with van der Waals surface area (Å²) < 4.78 is 5.00. The molecule has 0 aromatic heterocycles. The van der Waals surface area contributed by atoms with Crippen LogP contribution in [0.3, 0.4) is 0 Å².